The third kappa shape index (κ3) is 4.47. The molecule has 5 rings (SSSR count). The highest BCUT2D eigenvalue weighted by molar-refractivity contribution is 7.89. The van der Waals surface area contributed by atoms with Crippen LogP contribution in [0.2, 0.25) is 0 Å². The van der Waals surface area contributed by atoms with Crippen molar-refractivity contribution >= 4 is 33.3 Å². The van der Waals surface area contributed by atoms with Crippen LogP contribution in [0.1, 0.15) is 50.2 Å². The van der Waals surface area contributed by atoms with Gasteiger partial charge in [-0.05, 0) is 81.3 Å². The lowest BCUT2D eigenvalue weighted by molar-refractivity contribution is -0.125. The predicted octanol–water partition coefficient (Wildman–Crippen LogP) is 3.51. The van der Waals surface area contributed by atoms with Crippen LogP contribution in [-0.2, 0) is 26.0 Å². The Bertz CT molecular complexity index is 1250. The first-order valence-electron chi connectivity index (χ1n) is 12.4. The predicted molar refractivity (Wildman–Crippen MR) is 134 cm³/mol. The van der Waals surface area contributed by atoms with Gasteiger partial charge in [0.2, 0.25) is 21.8 Å². The number of piperidine rings is 1. The average Bonchev–Trinajstić information content (AvgIpc) is 3.14. The van der Waals surface area contributed by atoms with Crippen LogP contribution in [0.4, 0.5) is 11.5 Å². The molecular weight excluding hydrogens is 464 g/mol. The zero-order valence-corrected chi connectivity index (χ0v) is 21.1. The third-order valence-electron chi connectivity index (χ3n) is 7.67. The van der Waals surface area contributed by atoms with Crippen LogP contribution in [0.25, 0.3) is 0 Å². The van der Waals surface area contributed by atoms with E-state index in [0.29, 0.717) is 38.2 Å². The average molecular weight is 497 g/mol. The molecule has 3 aliphatic rings. The maximum absolute atomic E-state index is 13.4. The highest BCUT2D eigenvalue weighted by Crippen LogP contribution is 2.38. The Morgan fingerprint density at radius 1 is 1.06 bits per heavy atom. The van der Waals surface area contributed by atoms with Gasteiger partial charge in [0.25, 0.3) is 0 Å². The first-order chi connectivity index (χ1) is 16.8. The number of aromatic nitrogens is 1. The SMILES string of the molecule is Cc1cccnc1NC(=O)C1CCN(S(=O)(=O)c2ccc3c(c2)C[C@H](C)N3C(=O)C2CCC2)CC1. The fourth-order valence-electron chi connectivity index (χ4n) is 5.30. The molecule has 1 saturated heterocycles. The summed E-state index contributed by atoms with van der Waals surface area (Å²) in [6.45, 7) is 4.49. The number of pyridine rings is 1. The largest absolute Gasteiger partial charge is 0.310 e. The Morgan fingerprint density at radius 2 is 1.80 bits per heavy atom. The first kappa shape index (κ1) is 23.9. The van der Waals surface area contributed by atoms with Crippen molar-refractivity contribution in [3.8, 4) is 0 Å². The molecule has 9 heteroatoms. The second kappa shape index (κ2) is 9.35. The molecule has 0 unspecified atom stereocenters. The Morgan fingerprint density at radius 3 is 2.46 bits per heavy atom. The minimum Gasteiger partial charge on any atom is -0.310 e. The number of anilines is 2. The minimum absolute atomic E-state index is 0.0352. The second-order valence-corrected chi connectivity index (χ2v) is 12.0. The topological polar surface area (TPSA) is 99.7 Å². The van der Waals surface area contributed by atoms with Crippen molar-refractivity contribution in [1.29, 1.82) is 0 Å². The zero-order chi connectivity index (χ0) is 24.7. The van der Waals surface area contributed by atoms with E-state index in [1.54, 1.807) is 24.4 Å². The maximum Gasteiger partial charge on any atom is 0.243 e. The summed E-state index contributed by atoms with van der Waals surface area (Å²) in [6, 6.07) is 8.88. The van der Waals surface area contributed by atoms with Crippen LogP contribution < -0.4 is 10.2 Å². The van der Waals surface area contributed by atoms with Crippen molar-refractivity contribution < 1.29 is 18.0 Å². The van der Waals surface area contributed by atoms with Crippen molar-refractivity contribution in [2.45, 2.75) is 63.3 Å². The second-order valence-electron chi connectivity index (χ2n) is 10.0. The van der Waals surface area contributed by atoms with Gasteiger partial charge in [-0.3, -0.25) is 9.59 Å². The van der Waals surface area contributed by atoms with Gasteiger partial charge < -0.3 is 10.2 Å². The van der Waals surface area contributed by atoms with Crippen LogP contribution in [-0.4, -0.2) is 48.7 Å². The van der Waals surface area contributed by atoms with E-state index in [4.69, 9.17) is 0 Å². The molecule has 3 heterocycles. The number of rotatable bonds is 5. The van der Waals surface area contributed by atoms with Crippen LogP contribution in [0.5, 0.6) is 0 Å². The number of sulfonamides is 1. The molecular formula is C26H32N4O4S. The van der Waals surface area contributed by atoms with E-state index < -0.39 is 10.0 Å². The number of nitrogens with one attached hydrogen (secondary N) is 1. The quantitative estimate of drug-likeness (QED) is 0.683. The summed E-state index contributed by atoms with van der Waals surface area (Å²) in [4.78, 5) is 32.0. The Labute approximate surface area is 206 Å². The molecule has 2 amide bonds. The standard InChI is InChI=1S/C26H32N4O4S/c1-17-5-4-12-27-24(17)28-25(31)19-10-13-29(14-11-19)35(33,34)22-8-9-23-21(16-22)15-18(2)30(23)26(32)20-6-3-7-20/h4-5,8-9,12,16,18-20H,3,6-7,10-11,13-15H2,1-2H3,(H,27,28,31)/t18-/m0/s1. The molecule has 8 nitrogen and oxygen atoms in total. The van der Waals surface area contributed by atoms with Gasteiger partial charge in [0.15, 0.2) is 0 Å². The van der Waals surface area contributed by atoms with Crippen molar-refractivity contribution in [3.63, 3.8) is 0 Å². The molecule has 1 aromatic carbocycles. The molecule has 0 bridgehead atoms. The van der Waals surface area contributed by atoms with Gasteiger partial charge in [0, 0.05) is 42.9 Å². The fraction of sp³-hybridized carbons (Fsp3) is 0.500. The molecule has 1 aromatic heterocycles. The summed E-state index contributed by atoms with van der Waals surface area (Å²) in [5, 5.41) is 2.88. The monoisotopic (exact) mass is 496 g/mol. The van der Waals surface area contributed by atoms with Crippen molar-refractivity contribution in [2.75, 3.05) is 23.3 Å². The highest BCUT2D eigenvalue weighted by Gasteiger charge is 2.38. The Kier molecular flexibility index (Phi) is 6.40. The van der Waals surface area contributed by atoms with Gasteiger partial charge in [-0.15, -0.1) is 0 Å². The van der Waals surface area contributed by atoms with E-state index in [1.807, 2.05) is 30.9 Å². The lowest BCUT2D eigenvalue weighted by Crippen LogP contribution is -2.42. The number of carbonyl (C=O) groups excluding carboxylic acids is 2. The van der Waals surface area contributed by atoms with Gasteiger partial charge >= 0.3 is 0 Å². The van der Waals surface area contributed by atoms with Gasteiger partial charge in [0.05, 0.1) is 4.90 Å². The molecule has 0 spiro atoms. The number of amides is 2. The van der Waals surface area contributed by atoms with E-state index in [0.717, 1.165) is 36.1 Å². The van der Waals surface area contributed by atoms with E-state index in [9.17, 15) is 18.0 Å². The van der Waals surface area contributed by atoms with E-state index in [-0.39, 0.29) is 34.6 Å². The molecule has 35 heavy (non-hydrogen) atoms. The first-order valence-corrected chi connectivity index (χ1v) is 13.9. The van der Waals surface area contributed by atoms with Crippen molar-refractivity contribution in [3.05, 3.63) is 47.7 Å². The third-order valence-corrected chi connectivity index (χ3v) is 9.57. The van der Waals surface area contributed by atoms with E-state index >= 15 is 0 Å². The summed E-state index contributed by atoms with van der Waals surface area (Å²) in [5.41, 5.74) is 2.64. The van der Waals surface area contributed by atoms with Crippen molar-refractivity contribution in [1.82, 2.24) is 9.29 Å². The smallest absolute Gasteiger partial charge is 0.243 e. The van der Waals surface area contributed by atoms with Crippen LogP contribution in [0, 0.1) is 18.8 Å². The van der Waals surface area contributed by atoms with E-state index in [2.05, 4.69) is 10.3 Å². The molecule has 1 N–H and O–H groups in total. The van der Waals surface area contributed by atoms with E-state index in [1.165, 1.54) is 4.31 Å². The maximum atomic E-state index is 13.4. The molecule has 1 saturated carbocycles. The Balaban J connectivity index is 1.25. The van der Waals surface area contributed by atoms with Crippen LogP contribution in [0.3, 0.4) is 0 Å². The molecule has 1 aliphatic carbocycles. The summed E-state index contributed by atoms with van der Waals surface area (Å²) in [7, 11) is -3.68. The number of fused-ring (bicyclic) bond motifs is 1. The summed E-state index contributed by atoms with van der Waals surface area (Å²) < 4.78 is 28.3. The van der Waals surface area contributed by atoms with Gasteiger partial charge in [-0.25, -0.2) is 13.4 Å². The van der Waals surface area contributed by atoms with Gasteiger partial charge in [-0.2, -0.15) is 4.31 Å². The number of hydrogen-bond donors (Lipinski definition) is 1. The minimum atomic E-state index is -3.68. The molecule has 0 radical (unpaired) electrons. The van der Waals surface area contributed by atoms with Gasteiger partial charge in [-0.1, -0.05) is 12.5 Å². The zero-order valence-electron chi connectivity index (χ0n) is 20.2. The summed E-state index contributed by atoms with van der Waals surface area (Å²) in [6.07, 6.45) is 6.21. The molecule has 1 atom stereocenters. The van der Waals surface area contributed by atoms with Crippen LogP contribution in [0.15, 0.2) is 41.4 Å². The number of carbonyl (C=O) groups is 2. The summed E-state index contributed by atoms with van der Waals surface area (Å²) in [5.74, 6) is 0.442. The lowest BCUT2D eigenvalue weighted by Gasteiger charge is -2.32. The summed E-state index contributed by atoms with van der Waals surface area (Å²) >= 11 is 0. The molecule has 2 fully saturated rings. The van der Waals surface area contributed by atoms with Crippen LogP contribution >= 0.6 is 0 Å². The van der Waals surface area contributed by atoms with Gasteiger partial charge in [0.1, 0.15) is 5.82 Å². The fourth-order valence-corrected chi connectivity index (χ4v) is 6.82. The lowest BCUT2D eigenvalue weighted by atomic mass is 9.84. The molecule has 2 aliphatic heterocycles. The number of hydrogen-bond acceptors (Lipinski definition) is 5. The van der Waals surface area contributed by atoms with Crippen molar-refractivity contribution in [2.24, 2.45) is 11.8 Å². The normalized spacial score (nSPS) is 21.4. The highest BCUT2D eigenvalue weighted by atomic mass is 32.2. The number of nitrogens with zero attached hydrogens (tertiary/aromatic N) is 3. The molecule has 2 aromatic rings. The number of benzene rings is 1. The number of aryl methyl sites for hydroxylation is 1. The Hall–Kier alpha value is -2.78. The molecule has 186 valence electrons.